The SMILES string of the molecule is O=C(NC(NC(=O)c1ccccc1F)c1ccccc1Cl)c1ccccc1F. The van der Waals surface area contributed by atoms with E-state index >= 15 is 0 Å². The van der Waals surface area contributed by atoms with Gasteiger partial charge in [0.2, 0.25) is 0 Å². The van der Waals surface area contributed by atoms with Crippen molar-refractivity contribution in [2.24, 2.45) is 0 Å². The van der Waals surface area contributed by atoms with Crippen LogP contribution in [0.3, 0.4) is 0 Å². The minimum atomic E-state index is -1.10. The molecule has 2 N–H and O–H groups in total. The number of amides is 2. The van der Waals surface area contributed by atoms with Gasteiger partial charge in [0.25, 0.3) is 11.8 Å². The zero-order valence-corrected chi connectivity index (χ0v) is 15.2. The lowest BCUT2D eigenvalue weighted by atomic mass is 10.1. The number of hydrogen-bond donors (Lipinski definition) is 2. The fourth-order valence-corrected chi connectivity index (χ4v) is 2.85. The molecule has 142 valence electrons. The van der Waals surface area contributed by atoms with Crippen LogP contribution in [0, 0.1) is 11.6 Å². The molecule has 0 aliphatic rings. The average Bonchev–Trinajstić information content (AvgIpc) is 2.68. The molecule has 0 aliphatic heterocycles. The predicted molar refractivity (Wildman–Crippen MR) is 102 cm³/mol. The van der Waals surface area contributed by atoms with Gasteiger partial charge in [-0.2, -0.15) is 0 Å². The molecule has 3 aromatic rings. The highest BCUT2D eigenvalue weighted by atomic mass is 35.5. The first kappa shape index (κ1) is 19.5. The summed E-state index contributed by atoms with van der Waals surface area (Å²) < 4.78 is 27.9. The molecule has 0 bridgehead atoms. The second kappa shape index (κ2) is 8.63. The molecule has 0 aliphatic carbocycles. The Morgan fingerprint density at radius 1 is 0.714 bits per heavy atom. The maximum absolute atomic E-state index is 13.9. The standard InChI is InChI=1S/C21H15ClF2N2O2/c22-16-10-4-1-7-13(16)19(25-20(27)14-8-2-5-11-17(14)23)26-21(28)15-9-3-6-12-18(15)24/h1-12,19H,(H,25,27)(H,26,28). The van der Waals surface area contributed by atoms with Gasteiger partial charge < -0.3 is 10.6 Å². The Balaban J connectivity index is 1.91. The summed E-state index contributed by atoms with van der Waals surface area (Å²) in [6.07, 6.45) is -1.10. The van der Waals surface area contributed by atoms with E-state index in [-0.39, 0.29) is 16.1 Å². The van der Waals surface area contributed by atoms with Gasteiger partial charge in [-0.15, -0.1) is 0 Å². The average molecular weight is 401 g/mol. The quantitative estimate of drug-likeness (QED) is 0.620. The summed E-state index contributed by atoms with van der Waals surface area (Å²) in [5, 5.41) is 5.34. The van der Waals surface area contributed by atoms with Crippen molar-refractivity contribution in [2.45, 2.75) is 6.17 Å². The molecule has 0 radical (unpaired) electrons. The summed E-state index contributed by atoms with van der Waals surface area (Å²) in [5.41, 5.74) is -0.0158. The van der Waals surface area contributed by atoms with Crippen molar-refractivity contribution in [2.75, 3.05) is 0 Å². The largest absolute Gasteiger partial charge is 0.328 e. The topological polar surface area (TPSA) is 58.2 Å². The van der Waals surface area contributed by atoms with E-state index < -0.39 is 29.6 Å². The molecule has 28 heavy (non-hydrogen) atoms. The van der Waals surface area contributed by atoms with Crippen LogP contribution >= 0.6 is 11.6 Å². The molecule has 3 rings (SSSR count). The lowest BCUT2D eigenvalue weighted by molar-refractivity contribution is 0.0879. The summed E-state index contributed by atoms with van der Waals surface area (Å²) in [4.78, 5) is 25.1. The monoisotopic (exact) mass is 400 g/mol. The Kier molecular flexibility index (Phi) is 6.01. The fourth-order valence-electron chi connectivity index (χ4n) is 2.61. The molecule has 0 saturated carbocycles. The molecular formula is C21H15ClF2N2O2. The van der Waals surface area contributed by atoms with Gasteiger partial charge in [0.05, 0.1) is 11.1 Å². The Morgan fingerprint density at radius 2 is 1.14 bits per heavy atom. The molecule has 0 fully saturated rings. The molecule has 0 heterocycles. The van der Waals surface area contributed by atoms with Crippen molar-refractivity contribution in [3.8, 4) is 0 Å². The van der Waals surface area contributed by atoms with Crippen LogP contribution in [0.5, 0.6) is 0 Å². The van der Waals surface area contributed by atoms with E-state index in [1.807, 2.05) is 0 Å². The number of nitrogens with one attached hydrogen (secondary N) is 2. The Morgan fingerprint density at radius 3 is 1.61 bits per heavy atom. The summed E-state index contributed by atoms with van der Waals surface area (Å²) in [5.74, 6) is -2.93. The zero-order valence-electron chi connectivity index (χ0n) is 14.5. The Labute approximate surface area is 165 Å². The van der Waals surface area contributed by atoms with E-state index in [4.69, 9.17) is 11.6 Å². The van der Waals surface area contributed by atoms with Crippen molar-refractivity contribution < 1.29 is 18.4 Å². The van der Waals surface area contributed by atoms with Crippen LogP contribution < -0.4 is 10.6 Å². The fraction of sp³-hybridized carbons (Fsp3) is 0.0476. The van der Waals surface area contributed by atoms with E-state index in [1.165, 1.54) is 36.4 Å². The molecular weight excluding hydrogens is 386 g/mol. The third-order valence-corrected chi connectivity index (χ3v) is 4.35. The summed E-state index contributed by atoms with van der Waals surface area (Å²) in [6.45, 7) is 0. The first-order valence-corrected chi connectivity index (χ1v) is 8.70. The van der Waals surface area contributed by atoms with Crippen molar-refractivity contribution >= 4 is 23.4 Å². The molecule has 0 aromatic heterocycles. The number of carbonyl (C=O) groups is 2. The van der Waals surface area contributed by atoms with Gasteiger partial charge >= 0.3 is 0 Å². The van der Waals surface area contributed by atoms with Crippen molar-refractivity contribution in [1.29, 1.82) is 0 Å². The van der Waals surface area contributed by atoms with E-state index in [0.717, 1.165) is 12.1 Å². The number of carbonyl (C=O) groups excluding carboxylic acids is 2. The summed E-state index contributed by atoms with van der Waals surface area (Å²) >= 11 is 6.19. The molecule has 4 nitrogen and oxygen atoms in total. The minimum Gasteiger partial charge on any atom is -0.328 e. The third-order valence-electron chi connectivity index (χ3n) is 4.00. The molecule has 0 atom stereocenters. The van der Waals surface area contributed by atoms with Crippen LogP contribution in [-0.4, -0.2) is 11.8 Å². The van der Waals surface area contributed by atoms with E-state index in [9.17, 15) is 18.4 Å². The first-order chi connectivity index (χ1) is 13.5. The van der Waals surface area contributed by atoms with E-state index in [0.29, 0.717) is 5.56 Å². The highest BCUT2D eigenvalue weighted by Gasteiger charge is 2.23. The highest BCUT2D eigenvalue weighted by molar-refractivity contribution is 6.31. The van der Waals surface area contributed by atoms with Crippen LogP contribution in [0.15, 0.2) is 72.8 Å². The first-order valence-electron chi connectivity index (χ1n) is 8.32. The smallest absolute Gasteiger partial charge is 0.256 e. The van der Waals surface area contributed by atoms with Gasteiger partial charge in [0.1, 0.15) is 17.8 Å². The third kappa shape index (κ3) is 4.35. The predicted octanol–water partition coefficient (Wildman–Crippen LogP) is 4.48. The van der Waals surface area contributed by atoms with Gasteiger partial charge in [0, 0.05) is 10.6 Å². The lowest BCUT2D eigenvalue weighted by Crippen LogP contribution is -2.41. The zero-order chi connectivity index (χ0) is 20.1. The van der Waals surface area contributed by atoms with Crippen LogP contribution in [-0.2, 0) is 0 Å². The van der Waals surface area contributed by atoms with Gasteiger partial charge in [-0.3, -0.25) is 9.59 Å². The molecule has 2 amide bonds. The Hall–Kier alpha value is -3.25. The second-order valence-corrected chi connectivity index (χ2v) is 6.27. The van der Waals surface area contributed by atoms with E-state index in [1.54, 1.807) is 24.3 Å². The number of halogens is 3. The molecule has 7 heteroatoms. The second-order valence-electron chi connectivity index (χ2n) is 5.86. The number of benzene rings is 3. The van der Waals surface area contributed by atoms with Gasteiger partial charge in [-0.1, -0.05) is 54.1 Å². The number of rotatable bonds is 5. The molecule has 0 saturated heterocycles. The highest BCUT2D eigenvalue weighted by Crippen LogP contribution is 2.22. The van der Waals surface area contributed by atoms with Crippen molar-refractivity contribution in [3.05, 3.63) is 106 Å². The lowest BCUT2D eigenvalue weighted by Gasteiger charge is -2.22. The number of hydrogen-bond acceptors (Lipinski definition) is 2. The van der Waals surface area contributed by atoms with Crippen molar-refractivity contribution in [3.63, 3.8) is 0 Å². The van der Waals surface area contributed by atoms with Crippen LogP contribution in [0.1, 0.15) is 32.4 Å². The normalized spacial score (nSPS) is 10.6. The minimum absolute atomic E-state index is 0.195. The summed E-state index contributed by atoms with van der Waals surface area (Å²) in [6, 6.07) is 17.4. The summed E-state index contributed by atoms with van der Waals surface area (Å²) in [7, 11) is 0. The molecule has 3 aromatic carbocycles. The van der Waals surface area contributed by atoms with Gasteiger partial charge in [-0.25, -0.2) is 8.78 Å². The van der Waals surface area contributed by atoms with Gasteiger partial charge in [0.15, 0.2) is 0 Å². The van der Waals surface area contributed by atoms with Crippen LogP contribution in [0.25, 0.3) is 0 Å². The maximum Gasteiger partial charge on any atom is 0.256 e. The van der Waals surface area contributed by atoms with Gasteiger partial charge in [-0.05, 0) is 30.3 Å². The van der Waals surface area contributed by atoms with Crippen LogP contribution in [0.2, 0.25) is 5.02 Å². The van der Waals surface area contributed by atoms with Crippen molar-refractivity contribution in [1.82, 2.24) is 10.6 Å². The van der Waals surface area contributed by atoms with Crippen LogP contribution in [0.4, 0.5) is 8.78 Å². The molecule has 0 unspecified atom stereocenters. The van der Waals surface area contributed by atoms with E-state index in [2.05, 4.69) is 10.6 Å². The Bertz CT molecular complexity index is 967. The maximum atomic E-state index is 13.9. The molecule has 0 spiro atoms.